The number of halogens is 2. The molecular weight excluding hydrogens is 307 g/mol. The number of hydrogen-bond donors (Lipinski definition) is 2. The summed E-state index contributed by atoms with van der Waals surface area (Å²) in [6.07, 6.45) is -0.703. The molecule has 0 aliphatic carbocycles. The first-order chi connectivity index (χ1) is 8.23. The maximum atomic E-state index is 13.3. The van der Waals surface area contributed by atoms with Gasteiger partial charge in [-0.15, -0.1) is 0 Å². The van der Waals surface area contributed by atoms with Gasteiger partial charge in [-0.25, -0.2) is 4.79 Å². The fraction of sp³-hybridized carbons (Fsp3) is 0.364. The van der Waals surface area contributed by atoms with Crippen molar-refractivity contribution in [1.29, 1.82) is 0 Å². The molecule has 0 atom stereocenters. The predicted octanol–water partition coefficient (Wildman–Crippen LogP) is 2.41. The molecule has 0 fully saturated rings. The second-order valence-corrected chi connectivity index (χ2v) is 5.40. The van der Waals surface area contributed by atoms with Crippen molar-refractivity contribution in [2.45, 2.75) is 26.4 Å². The molecule has 0 aliphatic rings. The van der Waals surface area contributed by atoms with E-state index in [-0.39, 0.29) is 11.4 Å². The van der Waals surface area contributed by atoms with Crippen LogP contribution in [-0.2, 0) is 4.74 Å². The molecule has 98 valence electrons. The summed E-state index contributed by atoms with van der Waals surface area (Å²) in [5.41, 5.74) is -0.677. The topological polar surface area (TPSA) is 69.4 Å². The van der Waals surface area contributed by atoms with Crippen molar-refractivity contribution in [2.24, 2.45) is 0 Å². The van der Waals surface area contributed by atoms with Crippen LogP contribution in [0.2, 0.25) is 0 Å². The Balaban J connectivity index is 2.89. The maximum Gasteiger partial charge on any atom is 0.412 e. The minimum atomic E-state index is -0.765. The molecule has 1 amide bonds. The van der Waals surface area contributed by atoms with E-state index in [0.717, 1.165) is 6.07 Å². The number of carbonyl (C=O) groups is 1. The highest BCUT2D eigenvalue weighted by Crippen LogP contribution is 2.27. The van der Waals surface area contributed by atoms with Gasteiger partial charge in [0.25, 0.3) is 5.69 Å². The Hall–Kier alpha value is -1.50. The van der Waals surface area contributed by atoms with E-state index in [9.17, 15) is 14.1 Å². The van der Waals surface area contributed by atoms with Crippen LogP contribution in [0.15, 0.2) is 16.6 Å². The lowest BCUT2D eigenvalue weighted by molar-refractivity contribution is -0.382. The van der Waals surface area contributed by atoms with Gasteiger partial charge in [-0.3, -0.25) is 5.32 Å². The Kier molecular flexibility index (Phi) is 4.39. The summed E-state index contributed by atoms with van der Waals surface area (Å²) in [6, 6.07) is 2.25. The number of benzene rings is 1. The first-order valence-corrected chi connectivity index (χ1v) is 5.89. The van der Waals surface area contributed by atoms with E-state index < -0.39 is 17.5 Å². The molecule has 0 bridgehead atoms. The molecule has 0 spiro atoms. The van der Waals surface area contributed by atoms with Crippen LogP contribution < -0.4 is 10.5 Å². The van der Waals surface area contributed by atoms with E-state index >= 15 is 0 Å². The van der Waals surface area contributed by atoms with Gasteiger partial charge in [0.1, 0.15) is 5.60 Å². The fourth-order valence-corrected chi connectivity index (χ4v) is 1.58. The molecule has 1 aromatic carbocycles. The summed E-state index contributed by atoms with van der Waals surface area (Å²) in [7, 11) is 0. The molecule has 2 N–H and O–H groups in total. The number of anilines is 1. The van der Waals surface area contributed by atoms with Crippen LogP contribution in [0.4, 0.5) is 20.6 Å². The third kappa shape index (κ3) is 4.06. The molecule has 0 radical (unpaired) electrons. The zero-order valence-electron chi connectivity index (χ0n) is 10.1. The van der Waals surface area contributed by atoms with Crippen LogP contribution in [0.25, 0.3) is 0 Å². The number of nitrogens with one attached hydrogen (secondary N) is 2. The van der Waals surface area contributed by atoms with Gasteiger partial charge >= 0.3 is 6.09 Å². The number of amides is 1. The fourth-order valence-electron chi connectivity index (χ4n) is 1.13. The third-order valence-corrected chi connectivity index (χ3v) is 2.46. The van der Waals surface area contributed by atoms with E-state index in [0.29, 0.717) is 4.47 Å². The average molecular weight is 320 g/mol. The summed E-state index contributed by atoms with van der Waals surface area (Å²) in [6.45, 7) is 5.14. The van der Waals surface area contributed by atoms with E-state index in [4.69, 9.17) is 4.74 Å². The Morgan fingerprint density at radius 2 is 2.06 bits per heavy atom. The number of hydrogen-bond acceptors (Lipinski definition) is 3. The summed E-state index contributed by atoms with van der Waals surface area (Å²) in [5.74, 6) is -0.765. The highest BCUT2D eigenvalue weighted by Gasteiger charge is 2.19. The van der Waals surface area contributed by atoms with Crippen molar-refractivity contribution < 1.29 is 19.1 Å². The molecule has 0 aliphatic heterocycles. The molecule has 0 heterocycles. The number of carbonyl (C=O) groups excluding carboxylic acids is 1. The van der Waals surface area contributed by atoms with Gasteiger partial charge in [-0.1, -0.05) is 0 Å². The number of ether oxygens (including phenoxy) is 1. The molecule has 1 rings (SSSR count). The van der Waals surface area contributed by atoms with Crippen molar-refractivity contribution >= 4 is 33.4 Å². The Morgan fingerprint density at radius 3 is 2.56 bits per heavy atom. The Morgan fingerprint density at radius 1 is 1.44 bits per heavy atom. The first kappa shape index (κ1) is 14.6. The summed E-state index contributed by atoms with van der Waals surface area (Å²) in [5, 5.41) is 3.84. The lowest BCUT2D eigenvalue weighted by Gasteiger charge is -2.19. The SMILES string of the molecule is CC(C)(C)OC(=O)Nc1cc(F)c([NH+]=O)cc1Br. The van der Waals surface area contributed by atoms with Crippen LogP contribution in [0.5, 0.6) is 0 Å². The highest BCUT2D eigenvalue weighted by atomic mass is 79.9. The van der Waals surface area contributed by atoms with Crippen molar-refractivity contribution in [3.63, 3.8) is 0 Å². The summed E-state index contributed by atoms with van der Waals surface area (Å²) < 4.78 is 18.7. The third-order valence-electron chi connectivity index (χ3n) is 1.80. The molecular formula is C11H13BrFN2O3+. The van der Waals surface area contributed by atoms with Gasteiger partial charge in [0.15, 0.2) is 0 Å². The van der Waals surface area contributed by atoms with E-state index in [1.807, 2.05) is 0 Å². The van der Waals surface area contributed by atoms with Crippen LogP contribution in [-0.4, -0.2) is 11.7 Å². The highest BCUT2D eigenvalue weighted by molar-refractivity contribution is 9.10. The van der Waals surface area contributed by atoms with Crippen LogP contribution in [0.3, 0.4) is 0 Å². The summed E-state index contributed by atoms with van der Waals surface area (Å²) in [4.78, 5) is 21.9. The molecule has 7 heteroatoms. The second kappa shape index (κ2) is 5.43. The number of nitroso groups, excluding NO2 is 1. The molecule has 0 aromatic heterocycles. The van der Waals surface area contributed by atoms with Crippen molar-refractivity contribution in [1.82, 2.24) is 0 Å². The predicted molar refractivity (Wildman–Crippen MR) is 67.9 cm³/mol. The van der Waals surface area contributed by atoms with Gasteiger partial charge in [-0.05, 0) is 36.7 Å². The van der Waals surface area contributed by atoms with E-state index in [1.54, 1.807) is 20.8 Å². The largest absolute Gasteiger partial charge is 0.444 e. The standard InChI is InChI=1S/C11H12BrFN2O3/c1-11(2,3)18-10(16)14-8-5-7(13)9(15-17)4-6(8)12/h4-5H,1-3H3,(H,14,16)/p+1. The van der Waals surface area contributed by atoms with Crippen molar-refractivity contribution in [3.8, 4) is 0 Å². The van der Waals surface area contributed by atoms with Gasteiger partial charge in [0, 0.05) is 26.7 Å². The van der Waals surface area contributed by atoms with Crippen molar-refractivity contribution in [2.75, 3.05) is 5.32 Å². The lowest BCUT2D eigenvalue weighted by atomic mass is 10.2. The Labute approximate surface area is 112 Å². The number of rotatable bonds is 2. The normalized spacial score (nSPS) is 10.9. The van der Waals surface area contributed by atoms with Crippen LogP contribution in [0.1, 0.15) is 20.8 Å². The molecule has 0 unspecified atom stereocenters. The average Bonchev–Trinajstić information content (AvgIpc) is 2.20. The van der Waals surface area contributed by atoms with Gasteiger partial charge in [0.05, 0.1) is 5.69 Å². The lowest BCUT2D eigenvalue weighted by Crippen LogP contribution is -2.56. The minimum Gasteiger partial charge on any atom is -0.444 e. The smallest absolute Gasteiger partial charge is 0.412 e. The molecule has 18 heavy (non-hydrogen) atoms. The molecule has 5 nitrogen and oxygen atoms in total. The second-order valence-electron chi connectivity index (χ2n) is 4.54. The van der Waals surface area contributed by atoms with Crippen molar-refractivity contribution in [3.05, 3.63) is 27.3 Å². The zero-order valence-corrected chi connectivity index (χ0v) is 11.7. The first-order valence-electron chi connectivity index (χ1n) is 5.10. The molecule has 0 saturated carbocycles. The van der Waals surface area contributed by atoms with Gasteiger partial charge < -0.3 is 4.74 Å². The van der Waals surface area contributed by atoms with Crippen LogP contribution in [0, 0.1) is 10.7 Å². The summed E-state index contributed by atoms with van der Waals surface area (Å²) >= 11 is 3.11. The van der Waals surface area contributed by atoms with Crippen LogP contribution >= 0.6 is 15.9 Å². The van der Waals surface area contributed by atoms with E-state index in [1.165, 1.54) is 11.2 Å². The van der Waals surface area contributed by atoms with E-state index in [2.05, 4.69) is 21.2 Å². The monoisotopic (exact) mass is 319 g/mol. The quantitative estimate of drug-likeness (QED) is 0.879. The Bertz CT molecular complexity index is 486. The maximum absolute atomic E-state index is 13.3. The zero-order chi connectivity index (χ0) is 13.9. The molecule has 1 aromatic rings. The molecule has 0 saturated heterocycles. The minimum absolute atomic E-state index is 0.181. The van der Waals surface area contributed by atoms with Gasteiger partial charge in [-0.2, -0.15) is 4.39 Å². The van der Waals surface area contributed by atoms with Gasteiger partial charge in [0.2, 0.25) is 5.82 Å².